The monoisotopic (exact) mass is 259 g/mol. The fourth-order valence-electron chi connectivity index (χ4n) is 2.31. The number of methoxy groups -OCH3 is 1. The van der Waals surface area contributed by atoms with Crippen molar-refractivity contribution >= 4 is 5.82 Å². The van der Waals surface area contributed by atoms with E-state index < -0.39 is 0 Å². The van der Waals surface area contributed by atoms with Crippen LogP contribution in [-0.2, 0) is 4.74 Å². The van der Waals surface area contributed by atoms with E-state index in [4.69, 9.17) is 15.2 Å². The lowest BCUT2D eigenvalue weighted by Gasteiger charge is -2.06. The summed E-state index contributed by atoms with van der Waals surface area (Å²) in [4.78, 5) is 0. The first-order valence-electron chi connectivity index (χ1n) is 6.39. The maximum Gasteiger partial charge on any atom is 0.127 e. The van der Waals surface area contributed by atoms with Gasteiger partial charge in [-0.05, 0) is 37.1 Å². The van der Waals surface area contributed by atoms with Crippen LogP contribution in [0.1, 0.15) is 24.6 Å². The van der Waals surface area contributed by atoms with E-state index in [2.05, 4.69) is 5.10 Å². The van der Waals surface area contributed by atoms with Crippen LogP contribution in [0.4, 0.5) is 5.82 Å². The number of hydrogen-bond donors (Lipinski definition) is 1. The molecule has 5 nitrogen and oxygen atoms in total. The average molecular weight is 259 g/mol. The van der Waals surface area contributed by atoms with E-state index in [-0.39, 0.29) is 6.10 Å². The molecule has 0 saturated carbocycles. The van der Waals surface area contributed by atoms with Crippen LogP contribution in [0.25, 0.3) is 5.69 Å². The van der Waals surface area contributed by atoms with Crippen LogP contribution in [-0.4, -0.2) is 23.5 Å². The minimum Gasteiger partial charge on any atom is -0.497 e. The molecule has 2 heterocycles. The summed E-state index contributed by atoms with van der Waals surface area (Å²) >= 11 is 0. The van der Waals surface area contributed by atoms with Crippen molar-refractivity contribution in [1.82, 2.24) is 9.78 Å². The van der Waals surface area contributed by atoms with Gasteiger partial charge in [-0.2, -0.15) is 5.10 Å². The van der Waals surface area contributed by atoms with Gasteiger partial charge in [0.25, 0.3) is 0 Å². The Kier molecular flexibility index (Phi) is 3.13. The summed E-state index contributed by atoms with van der Waals surface area (Å²) in [5, 5.41) is 4.54. The standard InChI is InChI=1S/C14H17N3O2/c1-18-11-6-4-10(5-7-11)17-14(15)9-12(16-17)13-3-2-8-19-13/h4-7,9,13H,2-3,8,15H2,1H3. The van der Waals surface area contributed by atoms with Crippen LogP contribution in [0, 0.1) is 0 Å². The van der Waals surface area contributed by atoms with E-state index in [1.165, 1.54) is 0 Å². The van der Waals surface area contributed by atoms with Crippen LogP contribution >= 0.6 is 0 Å². The maximum atomic E-state index is 6.03. The molecule has 0 amide bonds. The summed E-state index contributed by atoms with van der Waals surface area (Å²) in [5.41, 5.74) is 7.85. The van der Waals surface area contributed by atoms with E-state index in [9.17, 15) is 0 Å². The molecule has 1 aromatic carbocycles. The maximum absolute atomic E-state index is 6.03. The van der Waals surface area contributed by atoms with Crippen molar-refractivity contribution in [3.05, 3.63) is 36.0 Å². The number of rotatable bonds is 3. The number of hydrogen-bond acceptors (Lipinski definition) is 4. The van der Waals surface area contributed by atoms with Crippen LogP contribution in [0.5, 0.6) is 5.75 Å². The Morgan fingerprint density at radius 3 is 2.79 bits per heavy atom. The van der Waals surface area contributed by atoms with Crippen LogP contribution in [0.15, 0.2) is 30.3 Å². The van der Waals surface area contributed by atoms with Crippen LogP contribution in [0.3, 0.4) is 0 Å². The summed E-state index contributed by atoms with van der Waals surface area (Å²) in [5.74, 6) is 1.43. The molecule has 0 spiro atoms. The molecule has 19 heavy (non-hydrogen) atoms. The minimum atomic E-state index is 0.0850. The first-order chi connectivity index (χ1) is 9.28. The summed E-state index contributed by atoms with van der Waals surface area (Å²) in [7, 11) is 1.65. The highest BCUT2D eigenvalue weighted by Crippen LogP contribution is 2.29. The summed E-state index contributed by atoms with van der Waals surface area (Å²) in [6, 6.07) is 9.54. The molecule has 0 bridgehead atoms. The van der Waals surface area contributed by atoms with E-state index >= 15 is 0 Å². The van der Waals surface area contributed by atoms with Gasteiger partial charge in [0, 0.05) is 12.7 Å². The Balaban J connectivity index is 1.90. The van der Waals surface area contributed by atoms with Gasteiger partial charge in [0.1, 0.15) is 17.7 Å². The third kappa shape index (κ3) is 2.29. The molecule has 1 atom stereocenters. The van der Waals surface area contributed by atoms with Crippen molar-refractivity contribution in [2.75, 3.05) is 19.5 Å². The fourth-order valence-corrected chi connectivity index (χ4v) is 2.31. The number of benzene rings is 1. The van der Waals surface area contributed by atoms with Gasteiger partial charge in [-0.25, -0.2) is 4.68 Å². The summed E-state index contributed by atoms with van der Waals surface area (Å²) < 4.78 is 12.5. The van der Waals surface area contributed by atoms with Crippen molar-refractivity contribution in [2.24, 2.45) is 0 Å². The van der Waals surface area contributed by atoms with Gasteiger partial charge in [0.2, 0.25) is 0 Å². The minimum absolute atomic E-state index is 0.0850. The zero-order valence-electron chi connectivity index (χ0n) is 10.9. The van der Waals surface area contributed by atoms with Gasteiger partial charge < -0.3 is 15.2 Å². The number of nitrogens with two attached hydrogens (primary N) is 1. The van der Waals surface area contributed by atoms with Crippen molar-refractivity contribution < 1.29 is 9.47 Å². The highest BCUT2D eigenvalue weighted by atomic mass is 16.5. The second-order valence-electron chi connectivity index (χ2n) is 4.61. The molecule has 1 aliphatic rings. The highest BCUT2D eigenvalue weighted by Gasteiger charge is 2.21. The second kappa shape index (κ2) is 4.93. The van der Waals surface area contributed by atoms with Crippen molar-refractivity contribution in [2.45, 2.75) is 18.9 Å². The molecule has 2 N–H and O–H groups in total. The van der Waals surface area contributed by atoms with Crippen molar-refractivity contribution in [3.63, 3.8) is 0 Å². The van der Waals surface area contributed by atoms with Gasteiger partial charge in [-0.3, -0.25) is 0 Å². The molecular weight excluding hydrogens is 242 g/mol. The lowest BCUT2D eigenvalue weighted by Crippen LogP contribution is -2.03. The zero-order valence-corrected chi connectivity index (χ0v) is 10.9. The number of nitrogen functional groups attached to an aromatic ring is 1. The predicted octanol–water partition coefficient (Wildman–Crippen LogP) is 2.31. The molecule has 2 aromatic rings. The first-order valence-corrected chi connectivity index (χ1v) is 6.39. The third-order valence-electron chi connectivity index (χ3n) is 3.33. The summed E-state index contributed by atoms with van der Waals surface area (Å²) in [6.07, 6.45) is 2.18. The van der Waals surface area contributed by atoms with Gasteiger partial charge in [0.15, 0.2) is 0 Å². The Morgan fingerprint density at radius 2 is 2.16 bits per heavy atom. The van der Waals surface area contributed by atoms with E-state index in [1.54, 1.807) is 11.8 Å². The largest absolute Gasteiger partial charge is 0.497 e. The van der Waals surface area contributed by atoms with E-state index in [0.29, 0.717) is 5.82 Å². The molecular formula is C14H17N3O2. The zero-order chi connectivity index (χ0) is 13.2. The number of aromatic nitrogens is 2. The quantitative estimate of drug-likeness (QED) is 0.918. The lowest BCUT2D eigenvalue weighted by molar-refractivity contribution is 0.108. The molecule has 1 unspecified atom stereocenters. The smallest absolute Gasteiger partial charge is 0.127 e. The molecule has 5 heteroatoms. The Bertz CT molecular complexity index is 557. The van der Waals surface area contributed by atoms with Gasteiger partial charge in [-0.1, -0.05) is 0 Å². The second-order valence-corrected chi connectivity index (χ2v) is 4.61. The van der Waals surface area contributed by atoms with Crippen molar-refractivity contribution in [3.8, 4) is 11.4 Å². The van der Waals surface area contributed by atoms with E-state index in [1.807, 2.05) is 30.3 Å². The molecule has 1 saturated heterocycles. The van der Waals surface area contributed by atoms with Gasteiger partial charge in [-0.15, -0.1) is 0 Å². The normalized spacial score (nSPS) is 18.7. The predicted molar refractivity (Wildman–Crippen MR) is 72.5 cm³/mol. The first kappa shape index (κ1) is 12.0. The van der Waals surface area contributed by atoms with E-state index in [0.717, 1.165) is 36.6 Å². The molecule has 3 rings (SSSR count). The lowest BCUT2D eigenvalue weighted by atomic mass is 10.2. The molecule has 0 aliphatic carbocycles. The van der Waals surface area contributed by atoms with Crippen LogP contribution < -0.4 is 10.5 Å². The Morgan fingerprint density at radius 1 is 1.37 bits per heavy atom. The molecule has 1 aromatic heterocycles. The van der Waals surface area contributed by atoms with Crippen molar-refractivity contribution in [1.29, 1.82) is 0 Å². The number of anilines is 1. The molecule has 1 fully saturated rings. The molecule has 0 radical (unpaired) electrons. The average Bonchev–Trinajstić information content (AvgIpc) is 3.08. The van der Waals surface area contributed by atoms with Gasteiger partial charge >= 0.3 is 0 Å². The number of nitrogens with zero attached hydrogens (tertiary/aromatic N) is 2. The highest BCUT2D eigenvalue weighted by molar-refractivity contribution is 5.45. The molecule has 1 aliphatic heterocycles. The Labute approximate surface area is 111 Å². The van der Waals surface area contributed by atoms with Gasteiger partial charge in [0.05, 0.1) is 18.5 Å². The third-order valence-corrected chi connectivity index (χ3v) is 3.33. The molecule has 100 valence electrons. The summed E-state index contributed by atoms with van der Waals surface area (Å²) in [6.45, 7) is 0.806. The topological polar surface area (TPSA) is 62.3 Å². The Hall–Kier alpha value is -2.01. The SMILES string of the molecule is COc1ccc(-n2nc(C3CCCO3)cc2N)cc1. The fraction of sp³-hybridized carbons (Fsp3) is 0.357. The number of ether oxygens (including phenoxy) is 2. The van der Waals surface area contributed by atoms with Crippen LogP contribution in [0.2, 0.25) is 0 Å².